The molecule has 2 aromatic rings. The predicted molar refractivity (Wildman–Crippen MR) is 68.4 cm³/mol. The number of carbonyl (C=O) groups is 1. The number of hydrogen-bond donors (Lipinski definition) is 1. The van der Waals surface area contributed by atoms with E-state index in [0.29, 0.717) is 17.4 Å². The number of nitrogens with one attached hydrogen (secondary N) is 1. The number of nitrogens with zero attached hydrogens (tertiary/aromatic N) is 2. The van der Waals surface area contributed by atoms with E-state index in [-0.39, 0.29) is 11.9 Å². The van der Waals surface area contributed by atoms with Gasteiger partial charge in [-0.15, -0.1) is 5.10 Å². The van der Waals surface area contributed by atoms with Crippen molar-refractivity contribution in [1.29, 1.82) is 0 Å². The third kappa shape index (κ3) is 2.43. The van der Waals surface area contributed by atoms with Crippen molar-refractivity contribution in [3.8, 4) is 0 Å². The van der Waals surface area contributed by atoms with Crippen LogP contribution in [0.1, 0.15) is 35.0 Å². The minimum atomic E-state index is -0.262. The molecular weight excluding hydrogens is 298 g/mol. The van der Waals surface area contributed by atoms with E-state index in [9.17, 15) is 4.79 Å². The first-order valence-electron chi connectivity index (χ1n) is 5.63. The van der Waals surface area contributed by atoms with E-state index in [0.717, 1.165) is 17.3 Å². The molecule has 1 amide bonds. The molecule has 0 saturated heterocycles. The maximum absolute atomic E-state index is 11.9. The Morgan fingerprint density at radius 3 is 2.94 bits per heavy atom. The highest BCUT2D eigenvalue weighted by molar-refractivity contribution is 9.10. The molecule has 1 aliphatic rings. The zero-order valence-electron chi connectivity index (χ0n) is 9.39. The second-order valence-corrected chi connectivity index (χ2v) is 5.10. The summed E-state index contributed by atoms with van der Waals surface area (Å²) in [7, 11) is 0. The fourth-order valence-electron chi connectivity index (χ4n) is 1.58. The fraction of sp³-hybridized carbons (Fsp3) is 0.250. The average molecular weight is 308 g/mol. The summed E-state index contributed by atoms with van der Waals surface area (Å²) in [6, 6.07) is 7.25. The Labute approximate surface area is 112 Å². The van der Waals surface area contributed by atoms with E-state index in [4.69, 9.17) is 4.42 Å². The van der Waals surface area contributed by atoms with Gasteiger partial charge in [-0.1, -0.05) is 27.1 Å². The lowest BCUT2D eigenvalue weighted by Crippen LogP contribution is -2.11. The van der Waals surface area contributed by atoms with Gasteiger partial charge in [0, 0.05) is 16.0 Å². The molecule has 3 rings (SSSR count). The van der Waals surface area contributed by atoms with Gasteiger partial charge in [0.05, 0.1) is 0 Å². The summed E-state index contributed by atoms with van der Waals surface area (Å²) in [5, 5.41) is 10.3. The van der Waals surface area contributed by atoms with Gasteiger partial charge in [-0.05, 0) is 31.0 Å². The summed E-state index contributed by atoms with van der Waals surface area (Å²) < 4.78 is 6.21. The topological polar surface area (TPSA) is 68.0 Å². The summed E-state index contributed by atoms with van der Waals surface area (Å²) in [5.41, 5.74) is 0.538. The van der Waals surface area contributed by atoms with Crippen molar-refractivity contribution in [2.75, 3.05) is 5.32 Å². The van der Waals surface area contributed by atoms with Crippen LogP contribution in [0.4, 0.5) is 6.01 Å². The van der Waals surface area contributed by atoms with Crippen molar-refractivity contribution in [3.63, 3.8) is 0 Å². The molecule has 1 heterocycles. The molecule has 0 radical (unpaired) electrons. The molecule has 0 bridgehead atoms. The van der Waals surface area contributed by atoms with Crippen LogP contribution in [0.2, 0.25) is 0 Å². The van der Waals surface area contributed by atoms with Crippen molar-refractivity contribution in [3.05, 3.63) is 40.2 Å². The molecule has 1 N–H and O–H groups in total. The second-order valence-electron chi connectivity index (χ2n) is 4.18. The summed E-state index contributed by atoms with van der Waals surface area (Å²) in [6.45, 7) is 0. The Balaban J connectivity index is 1.73. The van der Waals surface area contributed by atoms with Crippen molar-refractivity contribution < 1.29 is 9.21 Å². The van der Waals surface area contributed by atoms with Gasteiger partial charge in [0.25, 0.3) is 5.91 Å². The molecular formula is C12H10BrN3O2. The van der Waals surface area contributed by atoms with Crippen LogP contribution < -0.4 is 5.32 Å². The molecule has 0 unspecified atom stereocenters. The molecule has 1 saturated carbocycles. The van der Waals surface area contributed by atoms with E-state index >= 15 is 0 Å². The van der Waals surface area contributed by atoms with E-state index in [1.54, 1.807) is 18.2 Å². The smallest absolute Gasteiger partial charge is 0.322 e. The van der Waals surface area contributed by atoms with E-state index < -0.39 is 0 Å². The third-order valence-electron chi connectivity index (χ3n) is 2.67. The highest BCUT2D eigenvalue weighted by Crippen LogP contribution is 2.39. The minimum absolute atomic E-state index is 0.155. The van der Waals surface area contributed by atoms with Crippen LogP contribution in [-0.4, -0.2) is 16.1 Å². The van der Waals surface area contributed by atoms with Gasteiger partial charge >= 0.3 is 6.01 Å². The normalized spacial score (nSPS) is 14.5. The Morgan fingerprint density at radius 1 is 1.39 bits per heavy atom. The molecule has 1 fully saturated rings. The van der Waals surface area contributed by atoms with Crippen LogP contribution in [0.15, 0.2) is 33.2 Å². The number of halogens is 1. The third-order valence-corrected chi connectivity index (χ3v) is 3.17. The van der Waals surface area contributed by atoms with Crippen molar-refractivity contribution in [2.24, 2.45) is 0 Å². The predicted octanol–water partition coefficient (Wildman–Crippen LogP) is 2.96. The molecule has 1 aromatic carbocycles. The number of anilines is 1. The maximum Gasteiger partial charge on any atom is 0.322 e. The SMILES string of the molecule is O=C(Nc1nnc(C2CC2)o1)c1cccc(Br)c1. The lowest BCUT2D eigenvalue weighted by molar-refractivity contribution is 0.102. The Kier molecular flexibility index (Phi) is 2.87. The molecule has 92 valence electrons. The van der Waals surface area contributed by atoms with Gasteiger partial charge in [-0.25, -0.2) is 0 Å². The Bertz CT molecular complexity index is 593. The first-order chi connectivity index (χ1) is 8.72. The van der Waals surface area contributed by atoms with Gasteiger partial charge < -0.3 is 4.42 Å². The largest absolute Gasteiger partial charge is 0.408 e. The number of benzene rings is 1. The first kappa shape index (κ1) is 11.4. The van der Waals surface area contributed by atoms with Gasteiger partial charge in [-0.3, -0.25) is 10.1 Å². The fourth-order valence-corrected chi connectivity index (χ4v) is 1.98. The van der Waals surface area contributed by atoms with Crippen LogP contribution in [-0.2, 0) is 0 Å². The lowest BCUT2D eigenvalue weighted by atomic mass is 10.2. The molecule has 5 nitrogen and oxygen atoms in total. The molecule has 1 aliphatic carbocycles. The summed E-state index contributed by atoms with van der Waals surface area (Å²) >= 11 is 3.32. The van der Waals surface area contributed by atoms with Gasteiger partial charge in [-0.2, -0.15) is 0 Å². The van der Waals surface area contributed by atoms with E-state index in [1.807, 2.05) is 6.07 Å². The summed E-state index contributed by atoms with van der Waals surface area (Å²) in [5.74, 6) is 0.732. The van der Waals surface area contributed by atoms with Crippen LogP contribution in [0, 0.1) is 0 Å². The van der Waals surface area contributed by atoms with Gasteiger partial charge in [0.1, 0.15) is 0 Å². The maximum atomic E-state index is 11.9. The van der Waals surface area contributed by atoms with Gasteiger partial charge in [0.15, 0.2) is 0 Å². The van der Waals surface area contributed by atoms with E-state index in [1.165, 1.54) is 0 Å². The van der Waals surface area contributed by atoms with Crippen molar-refractivity contribution in [2.45, 2.75) is 18.8 Å². The summed E-state index contributed by atoms with van der Waals surface area (Å²) in [4.78, 5) is 11.9. The van der Waals surface area contributed by atoms with Crippen LogP contribution >= 0.6 is 15.9 Å². The standard InChI is InChI=1S/C12H10BrN3O2/c13-9-3-1-2-8(6-9)10(17)14-12-16-15-11(18-12)7-4-5-7/h1-3,6-7H,4-5H2,(H,14,16,17). The van der Waals surface area contributed by atoms with Crippen LogP contribution in [0.25, 0.3) is 0 Å². The Morgan fingerprint density at radius 2 is 2.22 bits per heavy atom. The number of carbonyl (C=O) groups excluding carboxylic acids is 1. The average Bonchev–Trinajstić information content (AvgIpc) is 3.11. The number of hydrogen-bond acceptors (Lipinski definition) is 4. The highest BCUT2D eigenvalue weighted by Gasteiger charge is 2.29. The van der Waals surface area contributed by atoms with Crippen molar-refractivity contribution in [1.82, 2.24) is 10.2 Å². The molecule has 1 aromatic heterocycles. The number of aromatic nitrogens is 2. The number of amides is 1. The first-order valence-corrected chi connectivity index (χ1v) is 6.42. The zero-order chi connectivity index (χ0) is 12.5. The van der Waals surface area contributed by atoms with Crippen LogP contribution in [0.5, 0.6) is 0 Å². The Hall–Kier alpha value is -1.69. The van der Waals surface area contributed by atoms with Crippen LogP contribution in [0.3, 0.4) is 0 Å². The number of rotatable bonds is 3. The quantitative estimate of drug-likeness (QED) is 0.946. The monoisotopic (exact) mass is 307 g/mol. The zero-order valence-corrected chi connectivity index (χ0v) is 11.0. The van der Waals surface area contributed by atoms with E-state index in [2.05, 4.69) is 31.4 Å². The van der Waals surface area contributed by atoms with Crippen molar-refractivity contribution >= 4 is 27.9 Å². The van der Waals surface area contributed by atoms with Gasteiger partial charge in [0.2, 0.25) is 5.89 Å². The molecule has 18 heavy (non-hydrogen) atoms. The molecule has 0 aliphatic heterocycles. The second kappa shape index (κ2) is 4.53. The molecule has 6 heteroatoms. The molecule has 0 atom stereocenters. The molecule has 0 spiro atoms. The highest BCUT2D eigenvalue weighted by atomic mass is 79.9. The lowest BCUT2D eigenvalue weighted by Gasteiger charge is -2.00. The summed E-state index contributed by atoms with van der Waals surface area (Å²) in [6.07, 6.45) is 2.17. The minimum Gasteiger partial charge on any atom is -0.408 e.